The molecule has 0 N–H and O–H groups in total. The highest BCUT2D eigenvalue weighted by atomic mass is 32.2. The number of aliphatic imine (C=N–C) groups is 1. The minimum atomic E-state index is -0.385. The van der Waals surface area contributed by atoms with Gasteiger partial charge in [0.1, 0.15) is 0 Å². The third-order valence-electron chi connectivity index (χ3n) is 4.67. The van der Waals surface area contributed by atoms with Crippen molar-refractivity contribution >= 4 is 22.9 Å². The Bertz CT molecular complexity index is 780. The molecule has 0 amide bonds. The third kappa shape index (κ3) is 3.45. The van der Waals surface area contributed by atoms with E-state index in [4.69, 9.17) is 18.9 Å². The van der Waals surface area contributed by atoms with Gasteiger partial charge in [0.15, 0.2) is 16.7 Å². The Hall–Kier alpha value is -2.35. The normalized spacial score (nSPS) is 19.2. The number of carbonyl (C=O) groups is 1. The van der Waals surface area contributed by atoms with E-state index in [9.17, 15) is 4.79 Å². The summed E-state index contributed by atoms with van der Waals surface area (Å²) in [6.45, 7) is 2.65. The zero-order valence-corrected chi connectivity index (χ0v) is 17.0. The standard InChI is InChI=1S/C19H24N2O5S/c1-11-15(18(22)26-5)16(21-7-6-8-27-19(21)20-11)12-9-13(23-2)17(25-4)14(10-12)24-3/h9-10,16H,6-8H2,1-5H3/t16-/m0/s1. The number of ether oxygens (including phenoxy) is 4. The second-order valence-corrected chi connectivity index (χ2v) is 7.20. The third-order valence-corrected chi connectivity index (χ3v) is 5.74. The number of rotatable bonds is 5. The van der Waals surface area contributed by atoms with Crippen molar-refractivity contribution in [1.82, 2.24) is 4.90 Å². The van der Waals surface area contributed by atoms with E-state index >= 15 is 0 Å². The monoisotopic (exact) mass is 392 g/mol. The largest absolute Gasteiger partial charge is 0.493 e. The van der Waals surface area contributed by atoms with Crippen LogP contribution in [0.3, 0.4) is 0 Å². The summed E-state index contributed by atoms with van der Waals surface area (Å²) in [5, 5.41) is 0.921. The highest BCUT2D eigenvalue weighted by molar-refractivity contribution is 8.13. The Labute approximate surface area is 163 Å². The number of amidine groups is 1. The zero-order valence-electron chi connectivity index (χ0n) is 16.2. The average Bonchev–Trinajstić information content (AvgIpc) is 2.70. The number of allylic oxidation sites excluding steroid dienone is 1. The van der Waals surface area contributed by atoms with Crippen LogP contribution >= 0.6 is 11.8 Å². The Balaban J connectivity index is 2.19. The van der Waals surface area contributed by atoms with E-state index in [0.29, 0.717) is 28.5 Å². The maximum Gasteiger partial charge on any atom is 0.338 e. The van der Waals surface area contributed by atoms with Gasteiger partial charge in [-0.25, -0.2) is 9.79 Å². The molecule has 1 fully saturated rings. The van der Waals surface area contributed by atoms with Crippen LogP contribution < -0.4 is 14.2 Å². The molecule has 2 aliphatic heterocycles. The lowest BCUT2D eigenvalue weighted by Gasteiger charge is -2.40. The molecule has 1 aromatic carbocycles. The molecule has 0 bridgehead atoms. The Kier molecular flexibility index (Phi) is 5.84. The smallest absolute Gasteiger partial charge is 0.338 e. The van der Waals surface area contributed by atoms with E-state index in [0.717, 1.165) is 29.4 Å². The van der Waals surface area contributed by atoms with Crippen LogP contribution in [-0.4, -0.2) is 56.8 Å². The number of esters is 1. The Morgan fingerprint density at radius 3 is 2.37 bits per heavy atom. The van der Waals surface area contributed by atoms with Gasteiger partial charge in [0.2, 0.25) is 5.75 Å². The summed E-state index contributed by atoms with van der Waals surface area (Å²) in [7, 11) is 6.11. The second-order valence-electron chi connectivity index (χ2n) is 6.14. The first-order valence-electron chi connectivity index (χ1n) is 8.62. The van der Waals surface area contributed by atoms with Crippen molar-refractivity contribution < 1.29 is 23.7 Å². The van der Waals surface area contributed by atoms with Crippen LogP contribution in [-0.2, 0) is 9.53 Å². The summed E-state index contributed by atoms with van der Waals surface area (Å²) < 4.78 is 21.5. The van der Waals surface area contributed by atoms with E-state index in [1.165, 1.54) is 7.11 Å². The first-order valence-corrected chi connectivity index (χ1v) is 9.61. The second kappa shape index (κ2) is 8.12. The van der Waals surface area contributed by atoms with Crippen LogP contribution in [0.25, 0.3) is 0 Å². The lowest BCUT2D eigenvalue weighted by atomic mass is 9.93. The van der Waals surface area contributed by atoms with Crippen molar-refractivity contribution in [2.24, 2.45) is 4.99 Å². The summed E-state index contributed by atoms with van der Waals surface area (Å²) in [4.78, 5) is 19.4. The fourth-order valence-corrected chi connectivity index (χ4v) is 4.47. The minimum absolute atomic E-state index is 0.327. The molecule has 27 heavy (non-hydrogen) atoms. The fourth-order valence-electron chi connectivity index (χ4n) is 3.45. The van der Waals surface area contributed by atoms with Gasteiger partial charge in [-0.1, -0.05) is 11.8 Å². The maximum atomic E-state index is 12.6. The quantitative estimate of drug-likeness (QED) is 0.714. The van der Waals surface area contributed by atoms with Crippen molar-refractivity contribution in [3.63, 3.8) is 0 Å². The van der Waals surface area contributed by atoms with E-state index in [1.807, 2.05) is 19.1 Å². The summed E-state index contributed by atoms with van der Waals surface area (Å²) in [6.07, 6.45) is 1.01. The van der Waals surface area contributed by atoms with Crippen molar-refractivity contribution in [3.05, 3.63) is 29.0 Å². The van der Waals surface area contributed by atoms with E-state index in [2.05, 4.69) is 9.89 Å². The molecule has 3 rings (SSSR count). The summed E-state index contributed by atoms with van der Waals surface area (Å²) in [5.74, 6) is 2.23. The van der Waals surface area contributed by atoms with Crippen LogP contribution in [0, 0.1) is 0 Å². The van der Waals surface area contributed by atoms with Crippen LogP contribution in [0.1, 0.15) is 24.9 Å². The molecule has 1 aromatic rings. The van der Waals surface area contributed by atoms with Gasteiger partial charge >= 0.3 is 5.97 Å². The number of nitrogens with zero attached hydrogens (tertiary/aromatic N) is 2. The first kappa shape index (κ1) is 19.4. The molecule has 2 heterocycles. The van der Waals surface area contributed by atoms with Crippen LogP contribution in [0.5, 0.6) is 17.2 Å². The summed E-state index contributed by atoms with van der Waals surface area (Å²) in [5.41, 5.74) is 2.05. The molecule has 1 atom stereocenters. The summed E-state index contributed by atoms with van der Waals surface area (Å²) in [6, 6.07) is 3.43. The van der Waals surface area contributed by atoms with E-state index in [1.54, 1.807) is 33.1 Å². The molecule has 0 spiro atoms. The number of thioether (sulfide) groups is 1. The molecule has 8 heteroatoms. The number of methoxy groups -OCH3 is 4. The Morgan fingerprint density at radius 2 is 1.81 bits per heavy atom. The van der Waals surface area contributed by atoms with Gasteiger partial charge in [0, 0.05) is 12.3 Å². The molecule has 146 valence electrons. The number of hydrogen-bond donors (Lipinski definition) is 0. The lowest BCUT2D eigenvalue weighted by Crippen LogP contribution is -2.42. The van der Waals surface area contributed by atoms with Crippen LogP contribution in [0.15, 0.2) is 28.4 Å². The van der Waals surface area contributed by atoms with Crippen LogP contribution in [0.4, 0.5) is 0 Å². The van der Waals surface area contributed by atoms with Crippen LogP contribution in [0.2, 0.25) is 0 Å². The molecule has 0 aromatic heterocycles. The van der Waals surface area contributed by atoms with Crippen molar-refractivity contribution in [2.45, 2.75) is 19.4 Å². The van der Waals surface area contributed by atoms with Gasteiger partial charge in [0.05, 0.1) is 45.8 Å². The van der Waals surface area contributed by atoms with Gasteiger partial charge in [0.25, 0.3) is 0 Å². The molecule has 2 aliphatic rings. The minimum Gasteiger partial charge on any atom is -0.493 e. The predicted molar refractivity (Wildman–Crippen MR) is 105 cm³/mol. The van der Waals surface area contributed by atoms with E-state index < -0.39 is 0 Å². The maximum absolute atomic E-state index is 12.6. The van der Waals surface area contributed by atoms with Crippen molar-refractivity contribution in [3.8, 4) is 17.2 Å². The zero-order chi connectivity index (χ0) is 19.6. The molecular formula is C19H24N2O5S. The highest BCUT2D eigenvalue weighted by Gasteiger charge is 2.38. The van der Waals surface area contributed by atoms with Gasteiger partial charge in [-0.15, -0.1) is 0 Å². The first-order chi connectivity index (χ1) is 13.0. The topological polar surface area (TPSA) is 69.6 Å². The van der Waals surface area contributed by atoms with Crippen molar-refractivity contribution in [1.29, 1.82) is 0 Å². The van der Waals surface area contributed by atoms with Gasteiger partial charge < -0.3 is 23.8 Å². The molecule has 0 unspecified atom stereocenters. The van der Waals surface area contributed by atoms with Gasteiger partial charge in [-0.05, 0) is 31.0 Å². The number of hydrogen-bond acceptors (Lipinski definition) is 8. The van der Waals surface area contributed by atoms with Gasteiger partial charge in [-0.3, -0.25) is 0 Å². The lowest BCUT2D eigenvalue weighted by molar-refractivity contribution is -0.136. The van der Waals surface area contributed by atoms with Crippen molar-refractivity contribution in [2.75, 3.05) is 40.7 Å². The van der Waals surface area contributed by atoms with E-state index in [-0.39, 0.29) is 12.0 Å². The number of benzene rings is 1. The molecular weight excluding hydrogens is 368 g/mol. The summed E-state index contributed by atoms with van der Waals surface area (Å²) >= 11 is 1.70. The average molecular weight is 392 g/mol. The molecule has 7 nitrogen and oxygen atoms in total. The molecule has 0 aliphatic carbocycles. The SMILES string of the molecule is COC(=O)C1=C(C)N=C2SCCCN2[C@H]1c1cc(OC)c(OC)c(OC)c1. The number of fused-ring (bicyclic) bond motifs is 1. The number of carbonyl (C=O) groups excluding carboxylic acids is 1. The molecule has 0 radical (unpaired) electrons. The molecule has 0 saturated carbocycles. The highest BCUT2D eigenvalue weighted by Crippen LogP contribution is 2.45. The molecule has 1 saturated heterocycles. The van der Waals surface area contributed by atoms with Gasteiger partial charge in [-0.2, -0.15) is 0 Å². The predicted octanol–water partition coefficient (Wildman–Crippen LogP) is 3.01. The Morgan fingerprint density at radius 1 is 1.15 bits per heavy atom. The fraction of sp³-hybridized carbons (Fsp3) is 0.474.